The average molecular weight is 245 g/mol. The minimum Gasteiger partial charge on any atom is -0.299 e. The summed E-state index contributed by atoms with van der Waals surface area (Å²) in [6.07, 6.45) is 2.35. The fourth-order valence-corrected chi connectivity index (χ4v) is 2.57. The third kappa shape index (κ3) is 2.99. The summed E-state index contributed by atoms with van der Waals surface area (Å²) in [4.78, 5) is 14.1. The van der Waals surface area contributed by atoms with Crippen LogP contribution >= 0.6 is 0 Å². The Morgan fingerprint density at radius 2 is 1.94 bits per heavy atom. The van der Waals surface area contributed by atoms with Crippen molar-refractivity contribution < 1.29 is 4.79 Å². The first kappa shape index (κ1) is 13.3. The summed E-state index contributed by atoms with van der Waals surface area (Å²) >= 11 is 0. The molecule has 0 fully saturated rings. The Bertz CT molecular complexity index is 436. The lowest BCUT2D eigenvalue weighted by atomic mass is 9.88. The number of benzene rings is 1. The van der Waals surface area contributed by atoms with Crippen LogP contribution in [0, 0.1) is 5.41 Å². The van der Waals surface area contributed by atoms with Crippen molar-refractivity contribution in [1.82, 2.24) is 4.90 Å². The van der Waals surface area contributed by atoms with E-state index in [1.54, 1.807) is 6.92 Å². The molecule has 0 unspecified atom stereocenters. The Morgan fingerprint density at radius 3 is 2.61 bits per heavy atom. The molecular weight excluding hydrogens is 222 g/mol. The lowest BCUT2D eigenvalue weighted by molar-refractivity contribution is -0.125. The van der Waals surface area contributed by atoms with Gasteiger partial charge in [0.15, 0.2) is 0 Å². The van der Waals surface area contributed by atoms with Crippen molar-refractivity contribution in [3.63, 3.8) is 0 Å². The maximum atomic E-state index is 11.6. The number of Topliss-reactive ketones (excluding diaryl/α,β-unsaturated/α-hetero) is 1. The number of fused-ring (bicyclic) bond motifs is 1. The molecule has 1 aromatic carbocycles. The molecule has 0 aromatic heterocycles. The van der Waals surface area contributed by atoms with E-state index in [2.05, 4.69) is 29.2 Å². The zero-order chi connectivity index (χ0) is 13.2. The van der Waals surface area contributed by atoms with E-state index >= 15 is 0 Å². The molecule has 1 aliphatic heterocycles. The molecule has 2 heteroatoms. The molecule has 0 spiro atoms. The van der Waals surface area contributed by atoms with Crippen LogP contribution in [0.1, 0.15) is 38.3 Å². The number of aryl methyl sites for hydroxylation is 1. The van der Waals surface area contributed by atoms with E-state index in [0.717, 1.165) is 26.1 Å². The van der Waals surface area contributed by atoms with Crippen LogP contribution in [0.25, 0.3) is 0 Å². The molecular formula is C16H23NO. The molecule has 1 aliphatic rings. The molecule has 1 heterocycles. The summed E-state index contributed by atoms with van der Waals surface area (Å²) in [6.45, 7) is 8.72. The molecule has 2 nitrogen and oxygen atoms in total. The zero-order valence-corrected chi connectivity index (χ0v) is 11.7. The second-order valence-electron chi connectivity index (χ2n) is 6.02. The Kier molecular flexibility index (Phi) is 3.86. The highest BCUT2D eigenvalue weighted by atomic mass is 16.1. The van der Waals surface area contributed by atoms with Crippen LogP contribution in [0.4, 0.5) is 0 Å². The van der Waals surface area contributed by atoms with Crippen molar-refractivity contribution >= 4 is 5.78 Å². The van der Waals surface area contributed by atoms with Gasteiger partial charge in [0.25, 0.3) is 0 Å². The summed E-state index contributed by atoms with van der Waals surface area (Å²) in [7, 11) is 0. The van der Waals surface area contributed by atoms with Gasteiger partial charge in [0.1, 0.15) is 5.78 Å². The minimum absolute atomic E-state index is 0.237. The topological polar surface area (TPSA) is 20.3 Å². The predicted octanol–water partition coefficient (Wildman–Crippen LogP) is 3.05. The number of carbonyl (C=O) groups is 1. The van der Waals surface area contributed by atoms with Gasteiger partial charge in [-0.3, -0.25) is 9.69 Å². The van der Waals surface area contributed by atoms with Gasteiger partial charge >= 0.3 is 0 Å². The molecule has 0 aliphatic carbocycles. The molecule has 98 valence electrons. The van der Waals surface area contributed by atoms with E-state index in [0.29, 0.717) is 0 Å². The van der Waals surface area contributed by atoms with Gasteiger partial charge in [-0.25, -0.2) is 0 Å². The van der Waals surface area contributed by atoms with E-state index in [-0.39, 0.29) is 11.2 Å². The van der Waals surface area contributed by atoms with Crippen molar-refractivity contribution in [2.45, 2.75) is 40.2 Å². The number of carbonyl (C=O) groups excluding carboxylic acids is 1. The summed E-state index contributed by atoms with van der Waals surface area (Å²) < 4.78 is 0. The van der Waals surface area contributed by atoms with Crippen LogP contribution in [0.3, 0.4) is 0 Å². The monoisotopic (exact) mass is 245 g/mol. The lowest BCUT2D eigenvalue weighted by Gasteiger charge is -2.30. The number of nitrogens with zero attached hydrogens (tertiary/aromatic N) is 1. The van der Waals surface area contributed by atoms with Crippen LogP contribution in [-0.4, -0.2) is 23.8 Å². The number of hydrogen-bond donors (Lipinski definition) is 0. The van der Waals surface area contributed by atoms with Crippen LogP contribution < -0.4 is 0 Å². The summed E-state index contributed by atoms with van der Waals surface area (Å²) in [5.74, 6) is 0.278. The molecule has 0 atom stereocenters. The van der Waals surface area contributed by atoms with Crippen molar-refractivity contribution in [2.24, 2.45) is 5.41 Å². The Balaban J connectivity index is 2.11. The first-order chi connectivity index (χ1) is 8.49. The lowest BCUT2D eigenvalue weighted by Crippen LogP contribution is -2.38. The third-order valence-corrected chi connectivity index (χ3v) is 4.00. The highest BCUT2D eigenvalue weighted by molar-refractivity contribution is 5.81. The third-order valence-electron chi connectivity index (χ3n) is 4.00. The smallest absolute Gasteiger partial charge is 0.136 e. The quantitative estimate of drug-likeness (QED) is 0.815. The molecule has 0 amide bonds. The summed E-state index contributed by atoms with van der Waals surface area (Å²) in [5, 5.41) is 0. The van der Waals surface area contributed by atoms with Crippen molar-refractivity contribution in [3.8, 4) is 0 Å². The Hall–Kier alpha value is -1.15. The molecule has 0 saturated heterocycles. The van der Waals surface area contributed by atoms with E-state index < -0.39 is 0 Å². The van der Waals surface area contributed by atoms with E-state index in [4.69, 9.17) is 0 Å². The van der Waals surface area contributed by atoms with Crippen molar-refractivity contribution in [2.75, 3.05) is 13.1 Å². The van der Waals surface area contributed by atoms with Crippen molar-refractivity contribution in [1.29, 1.82) is 0 Å². The van der Waals surface area contributed by atoms with Gasteiger partial charge in [-0.15, -0.1) is 0 Å². The second kappa shape index (κ2) is 5.23. The van der Waals surface area contributed by atoms with Crippen molar-refractivity contribution in [3.05, 3.63) is 35.4 Å². The summed E-state index contributed by atoms with van der Waals surface area (Å²) in [6, 6.07) is 8.68. The maximum Gasteiger partial charge on any atom is 0.136 e. The molecule has 2 rings (SSSR count). The predicted molar refractivity (Wildman–Crippen MR) is 74.5 cm³/mol. The van der Waals surface area contributed by atoms with Gasteiger partial charge in [-0.2, -0.15) is 0 Å². The number of rotatable bonds is 3. The number of hydrogen-bond acceptors (Lipinski definition) is 2. The average Bonchev–Trinajstić information content (AvgIpc) is 2.49. The van der Waals surface area contributed by atoms with E-state index in [1.807, 2.05) is 13.8 Å². The standard InChI is InChI=1S/C16H23NO/c1-13(18)16(2,3)12-17-10-6-9-14-7-4-5-8-15(14)11-17/h4-5,7-8H,6,9-12H2,1-3H3. The molecule has 0 N–H and O–H groups in total. The fraction of sp³-hybridized carbons (Fsp3) is 0.562. The van der Waals surface area contributed by atoms with Gasteiger partial charge in [-0.1, -0.05) is 38.1 Å². The van der Waals surface area contributed by atoms with Gasteiger partial charge in [-0.05, 0) is 37.4 Å². The Morgan fingerprint density at radius 1 is 1.28 bits per heavy atom. The van der Waals surface area contributed by atoms with Gasteiger partial charge in [0, 0.05) is 18.5 Å². The molecule has 0 saturated carbocycles. The zero-order valence-electron chi connectivity index (χ0n) is 11.7. The fourth-order valence-electron chi connectivity index (χ4n) is 2.57. The van der Waals surface area contributed by atoms with Gasteiger partial charge in [0.05, 0.1) is 0 Å². The van der Waals surface area contributed by atoms with E-state index in [1.165, 1.54) is 17.5 Å². The van der Waals surface area contributed by atoms with Gasteiger partial charge < -0.3 is 0 Å². The molecule has 0 radical (unpaired) electrons. The Labute approximate surface area is 110 Å². The first-order valence-electron chi connectivity index (χ1n) is 6.79. The number of ketones is 1. The SMILES string of the molecule is CC(=O)C(C)(C)CN1CCCc2ccccc2C1. The first-order valence-corrected chi connectivity index (χ1v) is 6.79. The highest BCUT2D eigenvalue weighted by Crippen LogP contribution is 2.23. The second-order valence-corrected chi connectivity index (χ2v) is 6.02. The summed E-state index contributed by atoms with van der Waals surface area (Å²) in [5.41, 5.74) is 2.66. The molecule has 0 bridgehead atoms. The van der Waals surface area contributed by atoms with E-state index in [9.17, 15) is 4.79 Å². The highest BCUT2D eigenvalue weighted by Gasteiger charge is 2.27. The van der Waals surface area contributed by atoms with Crippen LogP contribution in [0.2, 0.25) is 0 Å². The van der Waals surface area contributed by atoms with Crippen LogP contribution in [0.15, 0.2) is 24.3 Å². The maximum absolute atomic E-state index is 11.6. The largest absolute Gasteiger partial charge is 0.299 e. The molecule has 18 heavy (non-hydrogen) atoms. The van der Waals surface area contributed by atoms with Crippen LogP contribution in [-0.2, 0) is 17.8 Å². The normalized spacial score (nSPS) is 17.1. The van der Waals surface area contributed by atoms with Crippen LogP contribution in [0.5, 0.6) is 0 Å². The molecule has 1 aromatic rings. The van der Waals surface area contributed by atoms with Gasteiger partial charge in [0.2, 0.25) is 0 Å². The minimum atomic E-state index is -0.237.